The smallest absolute Gasteiger partial charge is 0.101 e. The highest BCUT2D eigenvalue weighted by atomic mass is 16.5. The first kappa shape index (κ1) is 14.5. The Morgan fingerprint density at radius 1 is 1.41 bits per heavy atom. The van der Waals surface area contributed by atoms with E-state index in [4.69, 9.17) is 15.7 Å². The molecule has 1 saturated carbocycles. The van der Waals surface area contributed by atoms with Gasteiger partial charge in [-0.05, 0) is 44.9 Å². The lowest BCUT2D eigenvalue weighted by atomic mass is 9.89. The van der Waals surface area contributed by atoms with Crippen molar-refractivity contribution in [2.75, 3.05) is 6.61 Å². The van der Waals surface area contributed by atoms with Crippen molar-refractivity contribution in [3.63, 3.8) is 0 Å². The number of unbranched alkanes of at least 4 members (excludes halogenated alkanes) is 1. The van der Waals surface area contributed by atoms with Gasteiger partial charge >= 0.3 is 0 Å². The highest BCUT2D eigenvalue weighted by Gasteiger charge is 2.19. The van der Waals surface area contributed by atoms with Crippen LogP contribution >= 0.6 is 0 Å². The molecule has 3 unspecified atom stereocenters. The summed E-state index contributed by atoms with van der Waals surface area (Å²) in [4.78, 5) is 0. The van der Waals surface area contributed by atoms with Crippen molar-refractivity contribution >= 4 is 0 Å². The Balaban J connectivity index is 2.03. The molecule has 0 amide bonds. The maximum Gasteiger partial charge on any atom is 0.101 e. The van der Waals surface area contributed by atoms with E-state index in [0.29, 0.717) is 6.10 Å². The van der Waals surface area contributed by atoms with Gasteiger partial charge in [-0.2, -0.15) is 5.26 Å². The average molecular weight is 238 g/mol. The number of nitrogens with zero attached hydrogens (tertiary/aromatic N) is 1. The molecular weight excluding hydrogens is 212 g/mol. The fraction of sp³-hybridized carbons (Fsp3) is 0.929. The zero-order valence-electron chi connectivity index (χ0n) is 11.2. The zero-order valence-corrected chi connectivity index (χ0v) is 11.2. The molecule has 1 aliphatic carbocycles. The van der Waals surface area contributed by atoms with Crippen LogP contribution in [0.5, 0.6) is 0 Å². The predicted molar refractivity (Wildman–Crippen MR) is 69.4 cm³/mol. The van der Waals surface area contributed by atoms with Crippen molar-refractivity contribution < 1.29 is 4.74 Å². The first-order valence-electron chi connectivity index (χ1n) is 6.85. The van der Waals surface area contributed by atoms with E-state index in [0.717, 1.165) is 31.8 Å². The molecule has 1 aliphatic rings. The standard InChI is InChI=1S/C14H26N2O/c1-12-6-5-7-13(10-12)17-9-4-3-8-14(2,16)11-15/h12-13H,3-10,16H2,1-2H3. The summed E-state index contributed by atoms with van der Waals surface area (Å²) in [6, 6.07) is 2.12. The van der Waals surface area contributed by atoms with Gasteiger partial charge in [0.1, 0.15) is 5.54 Å². The molecule has 0 aliphatic heterocycles. The van der Waals surface area contributed by atoms with Crippen LogP contribution in [0.25, 0.3) is 0 Å². The second-order valence-electron chi connectivity index (χ2n) is 5.75. The van der Waals surface area contributed by atoms with E-state index in [1.54, 1.807) is 6.92 Å². The van der Waals surface area contributed by atoms with Gasteiger partial charge in [-0.15, -0.1) is 0 Å². The molecule has 0 radical (unpaired) electrons. The number of nitriles is 1. The first-order valence-corrected chi connectivity index (χ1v) is 6.85. The fourth-order valence-corrected chi connectivity index (χ4v) is 2.43. The molecule has 0 heterocycles. The van der Waals surface area contributed by atoms with Crippen LogP contribution in [0.1, 0.15) is 58.8 Å². The Morgan fingerprint density at radius 2 is 2.18 bits per heavy atom. The lowest BCUT2D eigenvalue weighted by Crippen LogP contribution is -2.33. The van der Waals surface area contributed by atoms with Crippen LogP contribution < -0.4 is 5.73 Å². The molecule has 0 aromatic rings. The quantitative estimate of drug-likeness (QED) is 0.724. The Morgan fingerprint density at radius 3 is 2.82 bits per heavy atom. The first-order chi connectivity index (χ1) is 8.03. The number of ether oxygens (including phenoxy) is 1. The minimum Gasteiger partial charge on any atom is -0.378 e. The summed E-state index contributed by atoms with van der Waals surface area (Å²) in [7, 11) is 0. The fourth-order valence-electron chi connectivity index (χ4n) is 2.43. The highest BCUT2D eigenvalue weighted by Crippen LogP contribution is 2.25. The van der Waals surface area contributed by atoms with Crippen molar-refractivity contribution in [2.45, 2.75) is 70.4 Å². The lowest BCUT2D eigenvalue weighted by molar-refractivity contribution is 0.0135. The highest BCUT2D eigenvalue weighted by molar-refractivity contribution is 5.00. The number of rotatable bonds is 6. The van der Waals surface area contributed by atoms with E-state index in [1.807, 2.05) is 0 Å². The Bertz CT molecular complexity index is 257. The molecule has 2 N–H and O–H groups in total. The van der Waals surface area contributed by atoms with Crippen molar-refractivity contribution in [3.05, 3.63) is 0 Å². The third kappa shape index (κ3) is 6.05. The molecule has 1 rings (SSSR count). The third-order valence-corrected chi connectivity index (χ3v) is 3.59. The van der Waals surface area contributed by atoms with Gasteiger partial charge in [0.05, 0.1) is 12.2 Å². The molecule has 0 bridgehead atoms. The van der Waals surface area contributed by atoms with Crippen LogP contribution in [0.15, 0.2) is 0 Å². The van der Waals surface area contributed by atoms with E-state index in [1.165, 1.54) is 25.7 Å². The van der Waals surface area contributed by atoms with Crippen LogP contribution in [0.2, 0.25) is 0 Å². The molecule has 0 spiro atoms. The molecule has 3 atom stereocenters. The minimum atomic E-state index is -0.667. The van der Waals surface area contributed by atoms with Crippen molar-refractivity contribution in [3.8, 4) is 6.07 Å². The van der Waals surface area contributed by atoms with Gasteiger partial charge in [0, 0.05) is 6.61 Å². The van der Waals surface area contributed by atoms with Crippen LogP contribution in [-0.2, 0) is 4.74 Å². The molecule has 17 heavy (non-hydrogen) atoms. The summed E-state index contributed by atoms with van der Waals surface area (Å²) in [5.41, 5.74) is 5.09. The molecule has 1 fully saturated rings. The molecular formula is C14H26N2O. The van der Waals surface area contributed by atoms with Crippen LogP contribution in [-0.4, -0.2) is 18.2 Å². The van der Waals surface area contributed by atoms with E-state index in [9.17, 15) is 0 Å². The van der Waals surface area contributed by atoms with E-state index in [2.05, 4.69) is 13.0 Å². The number of nitrogens with two attached hydrogens (primary N) is 1. The van der Waals surface area contributed by atoms with Crippen LogP contribution in [0.3, 0.4) is 0 Å². The summed E-state index contributed by atoms with van der Waals surface area (Å²) in [5.74, 6) is 0.819. The molecule has 0 aromatic heterocycles. The second-order valence-corrected chi connectivity index (χ2v) is 5.75. The Labute approximate surface area is 105 Å². The van der Waals surface area contributed by atoms with Gasteiger partial charge in [0.25, 0.3) is 0 Å². The summed E-state index contributed by atoms with van der Waals surface area (Å²) < 4.78 is 5.88. The maximum atomic E-state index is 8.78. The molecule has 0 aromatic carbocycles. The molecule has 0 saturated heterocycles. The zero-order chi connectivity index (χ0) is 12.7. The lowest BCUT2D eigenvalue weighted by Gasteiger charge is -2.26. The average Bonchev–Trinajstić information content (AvgIpc) is 2.29. The molecule has 3 heteroatoms. The van der Waals surface area contributed by atoms with Gasteiger partial charge in [-0.3, -0.25) is 0 Å². The minimum absolute atomic E-state index is 0.471. The summed E-state index contributed by atoms with van der Waals surface area (Å²) in [6.07, 6.45) is 8.31. The van der Waals surface area contributed by atoms with Gasteiger partial charge < -0.3 is 10.5 Å². The van der Waals surface area contributed by atoms with Gasteiger partial charge in [0.15, 0.2) is 0 Å². The topological polar surface area (TPSA) is 59.0 Å². The maximum absolute atomic E-state index is 8.78. The van der Waals surface area contributed by atoms with Gasteiger partial charge in [0.2, 0.25) is 0 Å². The summed E-state index contributed by atoms with van der Waals surface area (Å²) in [6.45, 7) is 4.91. The molecule has 3 nitrogen and oxygen atoms in total. The van der Waals surface area contributed by atoms with Crippen molar-refractivity contribution in [1.29, 1.82) is 5.26 Å². The number of hydrogen-bond acceptors (Lipinski definition) is 3. The van der Waals surface area contributed by atoms with E-state index in [-0.39, 0.29) is 0 Å². The predicted octanol–water partition coefficient (Wildman–Crippen LogP) is 2.99. The Hall–Kier alpha value is -0.590. The Kier molecular flexibility index (Phi) is 5.94. The normalized spacial score (nSPS) is 28.4. The van der Waals surface area contributed by atoms with Crippen molar-refractivity contribution in [1.82, 2.24) is 0 Å². The van der Waals surface area contributed by atoms with Gasteiger partial charge in [-0.25, -0.2) is 0 Å². The van der Waals surface area contributed by atoms with E-state index < -0.39 is 5.54 Å². The second kappa shape index (κ2) is 6.98. The SMILES string of the molecule is CC1CCCC(OCCCCC(C)(N)C#N)C1. The van der Waals surface area contributed by atoms with Crippen LogP contribution in [0.4, 0.5) is 0 Å². The summed E-state index contributed by atoms with van der Waals surface area (Å²) in [5, 5.41) is 8.78. The number of hydrogen-bond donors (Lipinski definition) is 1. The monoisotopic (exact) mass is 238 g/mol. The van der Waals surface area contributed by atoms with Crippen molar-refractivity contribution in [2.24, 2.45) is 11.7 Å². The largest absolute Gasteiger partial charge is 0.378 e. The van der Waals surface area contributed by atoms with E-state index >= 15 is 0 Å². The van der Waals surface area contributed by atoms with Gasteiger partial charge in [-0.1, -0.05) is 19.8 Å². The van der Waals surface area contributed by atoms with Crippen LogP contribution in [0, 0.1) is 17.2 Å². The molecule has 98 valence electrons. The summed E-state index contributed by atoms with van der Waals surface area (Å²) >= 11 is 0. The third-order valence-electron chi connectivity index (χ3n) is 3.59.